The van der Waals surface area contributed by atoms with Gasteiger partial charge in [0.05, 0.1) is 19.3 Å². The van der Waals surface area contributed by atoms with Crippen LogP contribution in [-0.4, -0.2) is 19.3 Å². The van der Waals surface area contributed by atoms with E-state index in [0.29, 0.717) is 5.76 Å². The van der Waals surface area contributed by atoms with Gasteiger partial charge in [-0.25, -0.2) is 0 Å². The number of alkyl halides is 3. The molecule has 0 aliphatic rings. The molecule has 1 aromatic heterocycles. The van der Waals surface area contributed by atoms with Gasteiger partial charge in [-0.2, -0.15) is 13.2 Å². The van der Waals surface area contributed by atoms with E-state index in [9.17, 15) is 13.2 Å². The van der Waals surface area contributed by atoms with Crippen molar-refractivity contribution in [2.24, 2.45) is 5.73 Å². The molecular formula is C9H12F3NO2. The third kappa shape index (κ3) is 4.35. The third-order valence-electron chi connectivity index (χ3n) is 1.78. The highest BCUT2D eigenvalue weighted by atomic mass is 19.4. The van der Waals surface area contributed by atoms with Gasteiger partial charge in [0.15, 0.2) is 0 Å². The average Bonchev–Trinajstić information content (AvgIpc) is 2.63. The molecule has 0 amide bonds. The Bertz CT molecular complexity index is 271. The smallest absolute Gasteiger partial charge is 0.391 e. The Kier molecular flexibility index (Phi) is 4.16. The fourth-order valence-electron chi connectivity index (χ4n) is 1.06. The molecule has 1 unspecified atom stereocenters. The number of furan rings is 1. The number of nitrogens with two attached hydrogens (primary N) is 1. The molecule has 1 atom stereocenters. The van der Waals surface area contributed by atoms with Gasteiger partial charge in [0.1, 0.15) is 11.9 Å². The zero-order valence-electron chi connectivity index (χ0n) is 7.96. The van der Waals surface area contributed by atoms with Gasteiger partial charge in [0.25, 0.3) is 0 Å². The number of rotatable bonds is 5. The van der Waals surface area contributed by atoms with Crippen LogP contribution in [0.3, 0.4) is 0 Å². The second-order valence-electron chi connectivity index (χ2n) is 2.98. The summed E-state index contributed by atoms with van der Waals surface area (Å²) in [6.07, 6.45) is -4.38. The fourth-order valence-corrected chi connectivity index (χ4v) is 1.06. The van der Waals surface area contributed by atoms with E-state index in [1.54, 1.807) is 12.1 Å². The van der Waals surface area contributed by atoms with E-state index in [2.05, 4.69) is 0 Å². The van der Waals surface area contributed by atoms with Crippen LogP contribution in [0.2, 0.25) is 0 Å². The maximum Gasteiger partial charge on any atom is 0.391 e. The minimum absolute atomic E-state index is 0.0887. The predicted octanol–water partition coefficient (Wildman–Crippen LogP) is 2.25. The summed E-state index contributed by atoms with van der Waals surface area (Å²) in [5.74, 6) is 0.444. The van der Waals surface area contributed by atoms with E-state index < -0.39 is 25.3 Å². The van der Waals surface area contributed by atoms with E-state index in [-0.39, 0.29) is 6.54 Å². The lowest BCUT2D eigenvalue weighted by Crippen LogP contribution is -2.19. The molecule has 6 heteroatoms. The lowest BCUT2D eigenvalue weighted by Gasteiger charge is -2.14. The van der Waals surface area contributed by atoms with Crippen molar-refractivity contribution in [1.82, 2.24) is 0 Å². The summed E-state index contributed by atoms with van der Waals surface area (Å²) in [5, 5.41) is 0. The lowest BCUT2D eigenvalue weighted by molar-refractivity contribution is -0.149. The van der Waals surface area contributed by atoms with Crippen LogP contribution in [0.5, 0.6) is 0 Å². The van der Waals surface area contributed by atoms with Crippen molar-refractivity contribution in [1.29, 1.82) is 0 Å². The van der Waals surface area contributed by atoms with E-state index in [4.69, 9.17) is 14.9 Å². The molecule has 1 rings (SSSR count). The summed E-state index contributed by atoms with van der Waals surface area (Å²) in [5.41, 5.74) is 5.35. The average molecular weight is 223 g/mol. The van der Waals surface area contributed by atoms with Crippen molar-refractivity contribution in [2.45, 2.75) is 18.7 Å². The van der Waals surface area contributed by atoms with Crippen LogP contribution in [0, 0.1) is 0 Å². The van der Waals surface area contributed by atoms with E-state index in [1.165, 1.54) is 6.26 Å². The van der Waals surface area contributed by atoms with Gasteiger partial charge in [0.2, 0.25) is 0 Å². The molecule has 0 spiro atoms. The van der Waals surface area contributed by atoms with Gasteiger partial charge in [-0.15, -0.1) is 0 Å². The maximum absolute atomic E-state index is 11.8. The quantitative estimate of drug-likeness (QED) is 0.832. The number of halogens is 3. The van der Waals surface area contributed by atoms with Gasteiger partial charge in [-0.1, -0.05) is 0 Å². The first-order valence-corrected chi connectivity index (χ1v) is 4.45. The summed E-state index contributed by atoms with van der Waals surface area (Å²) in [4.78, 5) is 0. The van der Waals surface area contributed by atoms with Crippen molar-refractivity contribution in [3.8, 4) is 0 Å². The van der Waals surface area contributed by atoms with E-state index >= 15 is 0 Å². The minimum atomic E-state index is -4.21. The molecule has 0 aromatic carbocycles. The monoisotopic (exact) mass is 223 g/mol. The molecule has 1 aromatic rings. The van der Waals surface area contributed by atoms with Gasteiger partial charge >= 0.3 is 6.18 Å². The highest BCUT2D eigenvalue weighted by Gasteiger charge is 2.27. The largest absolute Gasteiger partial charge is 0.467 e. The summed E-state index contributed by atoms with van der Waals surface area (Å²) in [6, 6.07) is 3.25. The van der Waals surface area contributed by atoms with Gasteiger partial charge in [0, 0.05) is 6.54 Å². The molecule has 15 heavy (non-hydrogen) atoms. The van der Waals surface area contributed by atoms with Crippen LogP contribution in [0.15, 0.2) is 22.8 Å². The molecule has 1 heterocycles. The summed E-state index contributed by atoms with van der Waals surface area (Å²) in [6.45, 7) is -0.322. The second-order valence-corrected chi connectivity index (χ2v) is 2.98. The zero-order chi connectivity index (χ0) is 11.3. The number of hydrogen-bond donors (Lipinski definition) is 1. The Morgan fingerprint density at radius 2 is 2.20 bits per heavy atom. The first kappa shape index (κ1) is 12.1. The Labute approximate surface area is 85.0 Å². The van der Waals surface area contributed by atoms with Crippen molar-refractivity contribution in [3.63, 3.8) is 0 Å². The highest BCUT2D eigenvalue weighted by Crippen LogP contribution is 2.22. The fraction of sp³-hybridized carbons (Fsp3) is 0.556. The molecule has 0 aliphatic heterocycles. The molecule has 0 fully saturated rings. The topological polar surface area (TPSA) is 48.4 Å². The van der Waals surface area contributed by atoms with Crippen LogP contribution in [-0.2, 0) is 4.74 Å². The van der Waals surface area contributed by atoms with Crippen LogP contribution >= 0.6 is 0 Å². The molecule has 3 nitrogen and oxygen atoms in total. The van der Waals surface area contributed by atoms with Crippen LogP contribution in [0.1, 0.15) is 18.3 Å². The molecule has 2 N–H and O–H groups in total. The minimum Gasteiger partial charge on any atom is -0.467 e. The van der Waals surface area contributed by atoms with Crippen molar-refractivity contribution >= 4 is 0 Å². The Balaban J connectivity index is 2.36. The first-order valence-electron chi connectivity index (χ1n) is 4.45. The van der Waals surface area contributed by atoms with Crippen molar-refractivity contribution < 1.29 is 22.3 Å². The second kappa shape index (κ2) is 5.18. The molecule has 0 radical (unpaired) electrons. The highest BCUT2D eigenvalue weighted by molar-refractivity contribution is 5.02. The molecule has 0 bridgehead atoms. The van der Waals surface area contributed by atoms with Gasteiger partial charge in [-0.3, -0.25) is 0 Å². The Morgan fingerprint density at radius 1 is 1.47 bits per heavy atom. The van der Waals surface area contributed by atoms with Crippen molar-refractivity contribution in [3.05, 3.63) is 24.2 Å². The molecule has 0 saturated heterocycles. The van der Waals surface area contributed by atoms with Gasteiger partial charge < -0.3 is 14.9 Å². The van der Waals surface area contributed by atoms with Crippen LogP contribution in [0.4, 0.5) is 13.2 Å². The normalized spacial score (nSPS) is 14.1. The van der Waals surface area contributed by atoms with Crippen LogP contribution < -0.4 is 5.73 Å². The summed E-state index contributed by atoms with van der Waals surface area (Å²) < 4.78 is 45.4. The maximum atomic E-state index is 11.8. The molecule has 86 valence electrons. The van der Waals surface area contributed by atoms with E-state index in [1.807, 2.05) is 0 Å². The molecular weight excluding hydrogens is 211 g/mol. The standard InChI is InChI=1S/C9H12F3NO2/c10-9(11,12)3-5-15-8(6-13)7-2-1-4-14-7/h1-2,4,8H,3,5-6,13H2. The molecule has 0 saturated carbocycles. The lowest BCUT2D eigenvalue weighted by atomic mass is 10.3. The molecule has 0 aliphatic carbocycles. The van der Waals surface area contributed by atoms with Crippen LogP contribution in [0.25, 0.3) is 0 Å². The predicted molar refractivity (Wildman–Crippen MR) is 47.1 cm³/mol. The Hall–Kier alpha value is -1.01. The van der Waals surface area contributed by atoms with E-state index in [0.717, 1.165) is 0 Å². The van der Waals surface area contributed by atoms with Gasteiger partial charge in [-0.05, 0) is 12.1 Å². The summed E-state index contributed by atoms with van der Waals surface area (Å²) >= 11 is 0. The number of hydrogen-bond acceptors (Lipinski definition) is 3. The number of ether oxygens (including phenoxy) is 1. The zero-order valence-corrected chi connectivity index (χ0v) is 7.96. The van der Waals surface area contributed by atoms with Crippen molar-refractivity contribution in [2.75, 3.05) is 13.2 Å². The summed E-state index contributed by atoms with van der Waals surface area (Å²) in [7, 11) is 0. The third-order valence-corrected chi connectivity index (χ3v) is 1.78. The first-order chi connectivity index (χ1) is 7.03. The Morgan fingerprint density at radius 3 is 2.67 bits per heavy atom. The SMILES string of the molecule is NCC(OCCC(F)(F)F)c1ccco1.